The minimum Gasteiger partial charge on any atom is -0.472 e. The molecule has 0 saturated heterocycles. The van der Waals surface area contributed by atoms with Crippen LogP contribution < -0.4 is 5.14 Å². The van der Waals surface area contributed by atoms with Gasteiger partial charge in [0.1, 0.15) is 5.69 Å². The molecule has 7 nitrogen and oxygen atoms in total. The predicted molar refractivity (Wildman–Crippen MR) is 123 cm³/mol. The van der Waals surface area contributed by atoms with E-state index < -0.39 is 16.0 Å². The molecule has 4 aromatic rings. The fraction of sp³-hybridized carbons (Fsp3) is 0.0400. The van der Waals surface area contributed by atoms with Crippen LogP contribution in [0.5, 0.6) is 0 Å². The molecular weight excluding hydrogens is 440 g/mol. The third-order valence-corrected chi connectivity index (χ3v) is 5.75. The highest BCUT2D eigenvalue weighted by atomic mass is 32.2. The van der Waals surface area contributed by atoms with E-state index in [2.05, 4.69) is 16.8 Å². The van der Waals surface area contributed by atoms with E-state index in [-0.39, 0.29) is 4.90 Å². The summed E-state index contributed by atoms with van der Waals surface area (Å²) in [5, 5.41) is 14.1. The van der Waals surface area contributed by atoms with Gasteiger partial charge in [0.25, 0.3) is 0 Å². The van der Waals surface area contributed by atoms with Crippen molar-refractivity contribution < 1.29 is 22.7 Å². The maximum Gasteiger partial charge on any atom is 0.382 e. The lowest BCUT2D eigenvalue weighted by molar-refractivity contribution is -0.130. The Morgan fingerprint density at radius 2 is 1.64 bits per heavy atom. The molecular formula is C25H18N2O5S. The van der Waals surface area contributed by atoms with Crippen LogP contribution in [0.4, 0.5) is 0 Å². The molecule has 8 heteroatoms. The summed E-state index contributed by atoms with van der Waals surface area (Å²) in [5.74, 6) is 4.13. The lowest BCUT2D eigenvalue weighted by Gasteiger charge is -2.06. The summed E-state index contributed by atoms with van der Waals surface area (Å²) in [6, 6.07) is 22.7. The molecule has 0 amide bonds. The van der Waals surface area contributed by atoms with Crippen molar-refractivity contribution in [1.82, 2.24) is 4.98 Å². The SMILES string of the molecule is NS(=O)(=O)c1ccccc1-c1oc(Cc2ccc(C#CC(=O)O)cc2)nc1-c1ccccc1. The number of carbonyl (C=O) groups is 1. The van der Waals surface area contributed by atoms with Gasteiger partial charge in [-0.05, 0) is 29.8 Å². The Kier molecular flexibility index (Phi) is 6.09. The summed E-state index contributed by atoms with van der Waals surface area (Å²) in [6.07, 6.45) is 0.337. The molecule has 0 aliphatic carbocycles. The van der Waals surface area contributed by atoms with Gasteiger partial charge >= 0.3 is 5.97 Å². The molecule has 0 atom stereocenters. The fourth-order valence-electron chi connectivity index (χ4n) is 3.32. The van der Waals surface area contributed by atoms with Crippen molar-refractivity contribution >= 4 is 16.0 Å². The van der Waals surface area contributed by atoms with Gasteiger partial charge in [-0.2, -0.15) is 0 Å². The van der Waals surface area contributed by atoms with E-state index in [1.54, 1.807) is 42.5 Å². The van der Waals surface area contributed by atoms with E-state index >= 15 is 0 Å². The molecule has 164 valence electrons. The molecule has 0 bridgehead atoms. The zero-order valence-corrected chi connectivity index (χ0v) is 18.0. The highest BCUT2D eigenvalue weighted by Crippen LogP contribution is 2.36. The largest absolute Gasteiger partial charge is 0.472 e. The Bertz CT molecular complexity index is 1480. The van der Waals surface area contributed by atoms with E-state index in [0.29, 0.717) is 34.9 Å². The number of aliphatic carboxylic acids is 1. The summed E-state index contributed by atoms with van der Waals surface area (Å²) < 4.78 is 30.4. The molecule has 33 heavy (non-hydrogen) atoms. The number of aromatic nitrogens is 1. The fourth-order valence-corrected chi connectivity index (χ4v) is 4.06. The molecule has 0 aliphatic rings. The van der Waals surface area contributed by atoms with E-state index in [0.717, 1.165) is 11.1 Å². The average Bonchev–Trinajstić information content (AvgIpc) is 3.22. The van der Waals surface area contributed by atoms with Crippen LogP contribution in [0.25, 0.3) is 22.6 Å². The summed E-state index contributed by atoms with van der Waals surface area (Å²) in [5.41, 5.74) is 3.04. The molecule has 4 rings (SSSR count). The van der Waals surface area contributed by atoms with Crippen molar-refractivity contribution in [3.63, 3.8) is 0 Å². The van der Waals surface area contributed by atoms with Gasteiger partial charge in [0, 0.05) is 29.0 Å². The Morgan fingerprint density at radius 3 is 2.30 bits per heavy atom. The van der Waals surface area contributed by atoms with Gasteiger partial charge in [-0.25, -0.2) is 23.3 Å². The van der Waals surface area contributed by atoms with Crippen molar-refractivity contribution in [1.29, 1.82) is 0 Å². The van der Waals surface area contributed by atoms with E-state index in [9.17, 15) is 13.2 Å². The molecule has 0 spiro atoms. The molecule has 0 saturated carbocycles. The third-order valence-electron chi connectivity index (χ3n) is 4.78. The number of hydrogen-bond acceptors (Lipinski definition) is 5. The number of nitrogens with zero attached hydrogens (tertiary/aromatic N) is 1. The van der Waals surface area contributed by atoms with Crippen LogP contribution in [0.15, 0.2) is 88.2 Å². The maximum atomic E-state index is 12.2. The number of nitrogens with two attached hydrogens (primary N) is 1. The summed E-state index contributed by atoms with van der Waals surface area (Å²) in [4.78, 5) is 15.2. The van der Waals surface area contributed by atoms with Gasteiger partial charge < -0.3 is 9.52 Å². The zero-order chi connectivity index (χ0) is 23.4. The number of hydrogen-bond donors (Lipinski definition) is 2. The number of primary sulfonamides is 1. The van der Waals surface area contributed by atoms with Crippen LogP contribution in [0.2, 0.25) is 0 Å². The zero-order valence-electron chi connectivity index (χ0n) is 17.2. The van der Waals surface area contributed by atoms with Gasteiger partial charge in [0.15, 0.2) is 11.7 Å². The van der Waals surface area contributed by atoms with Crippen molar-refractivity contribution in [3.8, 4) is 34.4 Å². The number of carboxylic acids is 1. The molecule has 1 heterocycles. The van der Waals surface area contributed by atoms with Gasteiger partial charge in [0.2, 0.25) is 10.0 Å². The predicted octanol–water partition coefficient (Wildman–Crippen LogP) is 3.68. The topological polar surface area (TPSA) is 123 Å². The Hall–Kier alpha value is -4.19. The lowest BCUT2D eigenvalue weighted by atomic mass is 10.1. The molecule has 0 fully saturated rings. The highest BCUT2D eigenvalue weighted by Gasteiger charge is 2.23. The van der Waals surface area contributed by atoms with E-state index in [1.165, 1.54) is 6.07 Å². The minimum absolute atomic E-state index is 0.0498. The second-order valence-corrected chi connectivity index (χ2v) is 8.65. The lowest BCUT2D eigenvalue weighted by Crippen LogP contribution is -2.13. The number of rotatable bonds is 5. The summed E-state index contributed by atoms with van der Waals surface area (Å²) in [7, 11) is -3.99. The Morgan fingerprint density at radius 1 is 0.970 bits per heavy atom. The first-order chi connectivity index (χ1) is 15.8. The number of carboxylic acid groups (broad SMARTS) is 1. The summed E-state index contributed by atoms with van der Waals surface area (Å²) in [6.45, 7) is 0. The molecule has 0 radical (unpaired) electrons. The molecule has 0 aliphatic heterocycles. The van der Waals surface area contributed by atoms with Gasteiger partial charge in [-0.15, -0.1) is 0 Å². The van der Waals surface area contributed by atoms with Crippen molar-refractivity contribution in [3.05, 3.63) is 95.9 Å². The average molecular weight is 458 g/mol. The van der Waals surface area contributed by atoms with Gasteiger partial charge in [-0.1, -0.05) is 60.5 Å². The van der Waals surface area contributed by atoms with Crippen LogP contribution in [0, 0.1) is 11.8 Å². The quantitative estimate of drug-likeness (QED) is 0.440. The van der Waals surface area contributed by atoms with Gasteiger partial charge in [0.05, 0.1) is 4.90 Å². The first kappa shape index (κ1) is 22.0. The van der Waals surface area contributed by atoms with Crippen molar-refractivity contribution in [2.45, 2.75) is 11.3 Å². The second kappa shape index (κ2) is 9.12. The first-order valence-corrected chi connectivity index (χ1v) is 11.4. The normalized spacial score (nSPS) is 10.9. The van der Waals surface area contributed by atoms with Crippen molar-refractivity contribution in [2.75, 3.05) is 0 Å². The summed E-state index contributed by atoms with van der Waals surface area (Å²) >= 11 is 0. The number of oxazole rings is 1. The third kappa shape index (κ3) is 5.18. The maximum absolute atomic E-state index is 12.2. The number of sulfonamides is 1. The standard InChI is InChI=1S/C25H18N2O5S/c26-33(30,31)21-9-5-4-8-20(21)25-24(19-6-2-1-3-7-19)27-22(32-25)16-18-12-10-17(11-13-18)14-15-23(28)29/h1-13H,16H2,(H,28,29)(H2,26,30,31). The smallest absolute Gasteiger partial charge is 0.382 e. The molecule has 3 N–H and O–H groups in total. The first-order valence-electron chi connectivity index (χ1n) is 9.82. The Balaban J connectivity index is 1.76. The van der Waals surface area contributed by atoms with Gasteiger partial charge in [-0.3, -0.25) is 0 Å². The van der Waals surface area contributed by atoms with Crippen molar-refractivity contribution in [2.24, 2.45) is 5.14 Å². The van der Waals surface area contributed by atoms with E-state index in [4.69, 9.17) is 14.7 Å². The number of benzene rings is 3. The highest BCUT2D eigenvalue weighted by molar-refractivity contribution is 7.89. The van der Waals surface area contributed by atoms with Crippen LogP contribution in [-0.2, 0) is 21.2 Å². The monoisotopic (exact) mass is 458 g/mol. The van der Waals surface area contributed by atoms with Crippen LogP contribution >= 0.6 is 0 Å². The Labute approximate surface area is 190 Å². The molecule has 3 aromatic carbocycles. The second-order valence-electron chi connectivity index (χ2n) is 7.12. The molecule has 1 aromatic heterocycles. The molecule has 0 unspecified atom stereocenters. The van der Waals surface area contributed by atoms with E-state index in [1.807, 2.05) is 30.3 Å². The minimum atomic E-state index is -3.99. The van der Waals surface area contributed by atoms with Crippen LogP contribution in [-0.4, -0.2) is 24.5 Å². The van der Waals surface area contributed by atoms with Crippen LogP contribution in [0.1, 0.15) is 17.0 Å². The van der Waals surface area contributed by atoms with Crippen LogP contribution in [0.3, 0.4) is 0 Å².